The lowest BCUT2D eigenvalue weighted by Crippen LogP contribution is -2.44. The Kier molecular flexibility index (Phi) is 6.16. The topological polar surface area (TPSA) is 70.1 Å². The van der Waals surface area contributed by atoms with Gasteiger partial charge in [-0.15, -0.1) is 0 Å². The van der Waals surface area contributed by atoms with Gasteiger partial charge in [0.1, 0.15) is 6.10 Å². The van der Waals surface area contributed by atoms with Gasteiger partial charge in [0.05, 0.1) is 16.7 Å². The fourth-order valence-electron chi connectivity index (χ4n) is 3.71. The summed E-state index contributed by atoms with van der Waals surface area (Å²) in [6, 6.07) is 7.02. The lowest BCUT2D eigenvalue weighted by molar-refractivity contribution is -0.136. The molecule has 2 saturated heterocycles. The lowest BCUT2D eigenvalue weighted by atomic mass is 9.95. The molecule has 142 valence electrons. The molecule has 2 heterocycles. The Labute approximate surface area is 158 Å². The second kappa shape index (κ2) is 8.37. The third kappa shape index (κ3) is 4.03. The number of hydrogen-bond acceptors (Lipinski definition) is 4. The highest BCUT2D eigenvalue weighted by atomic mass is 35.5. The van der Waals surface area contributed by atoms with E-state index in [0.29, 0.717) is 56.2 Å². The second-order valence-electron chi connectivity index (χ2n) is 6.85. The highest BCUT2D eigenvalue weighted by Gasteiger charge is 2.38. The van der Waals surface area contributed by atoms with Gasteiger partial charge in [0.2, 0.25) is 5.91 Å². The first-order valence-electron chi connectivity index (χ1n) is 9.13. The van der Waals surface area contributed by atoms with E-state index >= 15 is 0 Å². The molecule has 0 aliphatic carbocycles. The molecule has 2 amide bonds. The second-order valence-corrected chi connectivity index (χ2v) is 7.26. The molecule has 3 rings (SSSR count). The highest BCUT2D eigenvalue weighted by Crippen LogP contribution is 2.25. The molecule has 0 aromatic heterocycles. The van der Waals surface area contributed by atoms with Gasteiger partial charge >= 0.3 is 0 Å². The summed E-state index contributed by atoms with van der Waals surface area (Å²) < 4.78 is 5.48. The van der Waals surface area contributed by atoms with Crippen LogP contribution in [0, 0.1) is 5.92 Å². The van der Waals surface area contributed by atoms with Gasteiger partial charge in [0.15, 0.2) is 0 Å². The SMILES string of the molecule is CCO[C@@H]1CN(C(=O)C2CCN(C(=O)c3ccccc3Cl)CC2)C[C@H]1O. The number of rotatable bonds is 4. The summed E-state index contributed by atoms with van der Waals surface area (Å²) >= 11 is 6.11. The van der Waals surface area contributed by atoms with Crippen molar-refractivity contribution in [3.05, 3.63) is 34.9 Å². The third-order valence-corrected chi connectivity index (χ3v) is 5.49. The van der Waals surface area contributed by atoms with E-state index in [9.17, 15) is 14.7 Å². The molecular formula is C19H25ClN2O4. The monoisotopic (exact) mass is 380 g/mol. The van der Waals surface area contributed by atoms with E-state index in [4.69, 9.17) is 16.3 Å². The molecular weight excluding hydrogens is 356 g/mol. The summed E-state index contributed by atoms with van der Waals surface area (Å²) in [7, 11) is 0. The van der Waals surface area contributed by atoms with Crippen LogP contribution in [0.15, 0.2) is 24.3 Å². The van der Waals surface area contributed by atoms with Crippen LogP contribution in [-0.2, 0) is 9.53 Å². The van der Waals surface area contributed by atoms with Crippen molar-refractivity contribution in [2.75, 3.05) is 32.8 Å². The van der Waals surface area contributed by atoms with Crippen molar-refractivity contribution in [2.45, 2.75) is 32.0 Å². The predicted molar refractivity (Wildman–Crippen MR) is 98.1 cm³/mol. The number of aliphatic hydroxyl groups excluding tert-OH is 1. The van der Waals surface area contributed by atoms with E-state index in [1.807, 2.05) is 6.92 Å². The Morgan fingerprint density at radius 3 is 2.54 bits per heavy atom. The molecule has 0 saturated carbocycles. The zero-order chi connectivity index (χ0) is 18.7. The van der Waals surface area contributed by atoms with E-state index in [2.05, 4.69) is 0 Å². The van der Waals surface area contributed by atoms with Gasteiger partial charge in [-0.1, -0.05) is 23.7 Å². The number of nitrogens with zero attached hydrogens (tertiary/aromatic N) is 2. The molecule has 2 aliphatic heterocycles. The predicted octanol–water partition coefficient (Wildman–Crippen LogP) is 1.80. The molecule has 2 aliphatic rings. The number of carbonyl (C=O) groups excluding carboxylic acids is 2. The molecule has 6 nitrogen and oxygen atoms in total. The van der Waals surface area contributed by atoms with Crippen molar-refractivity contribution in [3.63, 3.8) is 0 Å². The van der Waals surface area contributed by atoms with Gasteiger partial charge in [-0.25, -0.2) is 0 Å². The maximum atomic E-state index is 12.7. The lowest BCUT2D eigenvalue weighted by Gasteiger charge is -2.33. The number of ether oxygens (including phenoxy) is 1. The molecule has 0 spiro atoms. The van der Waals surface area contributed by atoms with Crippen molar-refractivity contribution in [1.82, 2.24) is 9.80 Å². The number of halogens is 1. The molecule has 1 N–H and O–H groups in total. The van der Waals surface area contributed by atoms with Crippen molar-refractivity contribution in [1.29, 1.82) is 0 Å². The van der Waals surface area contributed by atoms with Crippen molar-refractivity contribution < 1.29 is 19.4 Å². The minimum atomic E-state index is -0.624. The van der Waals surface area contributed by atoms with E-state index in [0.717, 1.165) is 0 Å². The number of benzene rings is 1. The minimum Gasteiger partial charge on any atom is -0.388 e. The Bertz CT molecular complexity index is 661. The van der Waals surface area contributed by atoms with E-state index in [1.165, 1.54) is 0 Å². The molecule has 0 radical (unpaired) electrons. The summed E-state index contributed by atoms with van der Waals surface area (Å²) in [4.78, 5) is 28.8. The van der Waals surface area contributed by atoms with Gasteiger partial charge in [0, 0.05) is 38.7 Å². The van der Waals surface area contributed by atoms with E-state index < -0.39 is 6.10 Å². The maximum absolute atomic E-state index is 12.7. The first kappa shape index (κ1) is 19.1. The van der Waals surface area contributed by atoms with Gasteiger partial charge in [-0.3, -0.25) is 9.59 Å². The number of hydrogen-bond donors (Lipinski definition) is 1. The molecule has 0 unspecified atom stereocenters. The van der Waals surface area contributed by atoms with Crippen molar-refractivity contribution in [3.8, 4) is 0 Å². The molecule has 26 heavy (non-hydrogen) atoms. The van der Waals surface area contributed by atoms with Crippen LogP contribution in [0.3, 0.4) is 0 Å². The van der Waals surface area contributed by atoms with Crippen molar-refractivity contribution >= 4 is 23.4 Å². The highest BCUT2D eigenvalue weighted by molar-refractivity contribution is 6.33. The molecule has 1 aromatic rings. The Hall–Kier alpha value is -1.63. The normalized spacial score (nSPS) is 24.1. The smallest absolute Gasteiger partial charge is 0.255 e. The quantitative estimate of drug-likeness (QED) is 0.864. The first-order chi connectivity index (χ1) is 12.5. The average Bonchev–Trinajstić information content (AvgIpc) is 3.02. The summed E-state index contributed by atoms with van der Waals surface area (Å²) in [6.07, 6.45) is 0.327. The standard InChI is InChI=1S/C19H25ClN2O4/c1-2-26-17-12-22(11-16(17)23)18(24)13-7-9-21(10-8-13)19(25)14-5-3-4-6-15(14)20/h3-6,13,16-17,23H,2,7-12H2,1H3/t16-,17-/m1/s1. The Morgan fingerprint density at radius 1 is 1.19 bits per heavy atom. The minimum absolute atomic E-state index is 0.0519. The zero-order valence-corrected chi connectivity index (χ0v) is 15.7. The molecule has 7 heteroatoms. The Morgan fingerprint density at radius 2 is 1.88 bits per heavy atom. The number of carbonyl (C=O) groups is 2. The summed E-state index contributed by atoms with van der Waals surface area (Å²) in [6.45, 7) is 4.22. The maximum Gasteiger partial charge on any atom is 0.255 e. The zero-order valence-electron chi connectivity index (χ0n) is 14.9. The third-order valence-electron chi connectivity index (χ3n) is 5.17. The number of aliphatic hydroxyl groups is 1. The fraction of sp³-hybridized carbons (Fsp3) is 0.579. The van der Waals surface area contributed by atoms with Crippen LogP contribution < -0.4 is 0 Å². The largest absolute Gasteiger partial charge is 0.388 e. The van der Waals surface area contributed by atoms with Gasteiger partial charge in [-0.05, 0) is 31.9 Å². The van der Waals surface area contributed by atoms with Crippen LogP contribution in [0.1, 0.15) is 30.1 Å². The van der Waals surface area contributed by atoms with Crippen LogP contribution in [0.2, 0.25) is 5.02 Å². The van der Waals surface area contributed by atoms with Gasteiger partial charge in [0.25, 0.3) is 5.91 Å². The van der Waals surface area contributed by atoms with Gasteiger partial charge < -0.3 is 19.6 Å². The molecule has 2 fully saturated rings. The van der Waals surface area contributed by atoms with Gasteiger partial charge in [-0.2, -0.15) is 0 Å². The summed E-state index contributed by atoms with van der Waals surface area (Å²) in [5.41, 5.74) is 0.501. The number of β-amino-alcohol motifs (C(OH)–C–C–N with tert-alkyl or cyclic N) is 1. The van der Waals surface area contributed by atoms with Crippen LogP contribution in [0.5, 0.6) is 0 Å². The number of likely N-dealkylation sites (tertiary alicyclic amines) is 2. The van der Waals surface area contributed by atoms with E-state index in [1.54, 1.807) is 34.1 Å². The number of amides is 2. The first-order valence-corrected chi connectivity index (χ1v) is 9.51. The van der Waals surface area contributed by atoms with E-state index in [-0.39, 0.29) is 23.8 Å². The average molecular weight is 381 g/mol. The Balaban J connectivity index is 1.55. The van der Waals surface area contributed by atoms with Crippen LogP contribution in [-0.4, -0.2) is 71.7 Å². The molecule has 0 bridgehead atoms. The molecule has 2 atom stereocenters. The number of piperidine rings is 1. The summed E-state index contributed by atoms with van der Waals surface area (Å²) in [5, 5.41) is 10.5. The van der Waals surface area contributed by atoms with Crippen LogP contribution in [0.4, 0.5) is 0 Å². The molecule has 1 aromatic carbocycles. The van der Waals surface area contributed by atoms with Crippen LogP contribution in [0.25, 0.3) is 0 Å². The van der Waals surface area contributed by atoms with Crippen molar-refractivity contribution in [2.24, 2.45) is 5.92 Å². The fourth-order valence-corrected chi connectivity index (χ4v) is 3.92. The summed E-state index contributed by atoms with van der Waals surface area (Å²) in [5.74, 6) is -0.150. The van der Waals surface area contributed by atoms with Crippen LogP contribution >= 0.6 is 11.6 Å².